The highest BCUT2D eigenvalue weighted by molar-refractivity contribution is 7.59. The fraction of sp³-hybridized carbons (Fsp3) is 1.00. The van der Waals surface area contributed by atoms with Gasteiger partial charge in [-0.3, -0.25) is 0 Å². The first-order valence-electron chi connectivity index (χ1n) is 4.74. The molecular formula is C7H15NO5P2+2. The van der Waals surface area contributed by atoms with Crippen molar-refractivity contribution in [3.05, 3.63) is 0 Å². The predicted octanol–water partition coefficient (Wildman–Crippen LogP) is 0.588. The highest BCUT2D eigenvalue weighted by atomic mass is 31.2. The van der Waals surface area contributed by atoms with E-state index in [1.165, 1.54) is 0 Å². The van der Waals surface area contributed by atoms with Crippen molar-refractivity contribution in [1.29, 1.82) is 0 Å². The first kappa shape index (κ1) is 13.1. The van der Waals surface area contributed by atoms with Gasteiger partial charge in [-0.05, 0) is 35.1 Å². The van der Waals surface area contributed by atoms with Crippen LogP contribution in [0.5, 0.6) is 0 Å². The summed E-state index contributed by atoms with van der Waals surface area (Å²) in [4.78, 5) is 19.6. The van der Waals surface area contributed by atoms with E-state index in [9.17, 15) is 14.2 Å². The van der Waals surface area contributed by atoms with Crippen molar-refractivity contribution in [3.63, 3.8) is 0 Å². The molecule has 2 atom stereocenters. The Morgan fingerprint density at radius 1 is 1.13 bits per heavy atom. The van der Waals surface area contributed by atoms with Gasteiger partial charge in [-0.1, -0.05) is 0 Å². The highest BCUT2D eigenvalue weighted by Crippen LogP contribution is 2.51. The Bertz CT molecular complexity index is 252. The van der Waals surface area contributed by atoms with Gasteiger partial charge in [-0.15, -0.1) is 0 Å². The third-order valence-electron chi connectivity index (χ3n) is 2.57. The van der Waals surface area contributed by atoms with Gasteiger partial charge in [0.25, 0.3) is 0 Å². The second-order valence-corrected chi connectivity index (χ2v) is 6.54. The molecule has 0 aromatic carbocycles. The van der Waals surface area contributed by atoms with Gasteiger partial charge in [-0.25, -0.2) is 0 Å². The van der Waals surface area contributed by atoms with Crippen LogP contribution in [0.3, 0.4) is 0 Å². The third-order valence-corrected chi connectivity index (χ3v) is 5.27. The Labute approximate surface area is 89.6 Å². The molecule has 0 aromatic rings. The van der Waals surface area contributed by atoms with Crippen molar-refractivity contribution in [1.82, 2.24) is 4.90 Å². The summed E-state index contributed by atoms with van der Waals surface area (Å²) >= 11 is 0. The minimum atomic E-state index is -3.06. The summed E-state index contributed by atoms with van der Waals surface area (Å²) in [5, 5.41) is 7.18. The minimum Gasteiger partial charge on any atom is -0.305 e. The summed E-state index contributed by atoms with van der Waals surface area (Å²) in [5.74, 6) is 0. The van der Waals surface area contributed by atoms with Crippen molar-refractivity contribution < 1.29 is 24.0 Å². The molecule has 0 amide bonds. The van der Waals surface area contributed by atoms with Crippen molar-refractivity contribution in [2.24, 2.45) is 0 Å². The lowest BCUT2D eigenvalue weighted by Crippen LogP contribution is -2.29. The number of hydrogen-bond acceptors (Lipinski definition) is 4. The molecule has 1 heterocycles. The molecular weight excluding hydrogens is 240 g/mol. The van der Waals surface area contributed by atoms with Crippen LogP contribution >= 0.6 is 16.1 Å². The van der Waals surface area contributed by atoms with Gasteiger partial charge >= 0.3 is 21.1 Å². The van der Waals surface area contributed by atoms with Crippen LogP contribution in [-0.4, -0.2) is 44.5 Å². The van der Waals surface area contributed by atoms with Crippen molar-refractivity contribution >= 4 is 16.1 Å². The van der Waals surface area contributed by atoms with Gasteiger partial charge in [0.2, 0.25) is 0 Å². The molecule has 1 aliphatic heterocycles. The molecule has 6 nitrogen and oxygen atoms in total. The van der Waals surface area contributed by atoms with E-state index in [0.29, 0.717) is 6.54 Å². The summed E-state index contributed by atoms with van der Waals surface area (Å²) in [7, 11) is -6.12. The summed E-state index contributed by atoms with van der Waals surface area (Å²) in [6.07, 6.45) is 1.98. The molecule has 0 radical (unpaired) electrons. The Balaban J connectivity index is 2.51. The van der Waals surface area contributed by atoms with Crippen molar-refractivity contribution in [3.8, 4) is 0 Å². The summed E-state index contributed by atoms with van der Waals surface area (Å²) in [5.41, 5.74) is 0. The van der Waals surface area contributed by atoms with Gasteiger partial charge in [0.15, 0.2) is 0 Å². The smallest absolute Gasteiger partial charge is 0.305 e. The molecule has 1 rings (SSSR count). The largest absolute Gasteiger partial charge is 0.600 e. The number of rotatable bonds is 5. The van der Waals surface area contributed by atoms with Gasteiger partial charge in [0.1, 0.15) is 0 Å². The third kappa shape index (κ3) is 3.25. The lowest BCUT2D eigenvalue weighted by atomic mass is 10.4. The fourth-order valence-electron chi connectivity index (χ4n) is 1.58. The second-order valence-electron chi connectivity index (χ2n) is 3.62. The zero-order valence-corrected chi connectivity index (χ0v) is 10.0. The Morgan fingerprint density at radius 3 is 2.00 bits per heavy atom. The number of aliphatic hydroxyl groups is 1. The fourth-order valence-corrected chi connectivity index (χ4v) is 2.75. The van der Waals surface area contributed by atoms with E-state index in [-0.39, 0.29) is 6.42 Å². The van der Waals surface area contributed by atoms with Crippen LogP contribution in [0, 0.1) is 0 Å². The molecule has 1 saturated heterocycles. The number of hydrogen-bond donors (Lipinski definition) is 3. The lowest BCUT2D eigenvalue weighted by Gasteiger charge is -2.13. The minimum absolute atomic E-state index is 0.148. The van der Waals surface area contributed by atoms with Gasteiger partial charge in [0, 0.05) is 6.54 Å². The molecule has 86 valence electrons. The second kappa shape index (κ2) is 5.39. The zero-order chi connectivity index (χ0) is 11.5. The molecule has 1 aliphatic rings. The SMILES string of the molecule is O=[P+](O)C(O)(CCN1CCCC1)[P+](=O)O. The van der Waals surface area contributed by atoms with Crippen LogP contribution < -0.4 is 0 Å². The van der Waals surface area contributed by atoms with Gasteiger partial charge in [-0.2, -0.15) is 9.79 Å². The van der Waals surface area contributed by atoms with E-state index in [1.807, 2.05) is 4.90 Å². The van der Waals surface area contributed by atoms with Crippen molar-refractivity contribution in [2.75, 3.05) is 19.6 Å². The molecule has 0 bridgehead atoms. The molecule has 0 spiro atoms. The Morgan fingerprint density at radius 2 is 1.60 bits per heavy atom. The highest BCUT2D eigenvalue weighted by Gasteiger charge is 2.66. The van der Waals surface area contributed by atoms with E-state index in [2.05, 4.69) is 0 Å². The maximum Gasteiger partial charge on any atom is 0.600 e. The molecule has 15 heavy (non-hydrogen) atoms. The molecule has 3 N–H and O–H groups in total. The molecule has 0 aliphatic carbocycles. The summed E-state index contributed by atoms with van der Waals surface area (Å²) in [6, 6.07) is 0. The normalized spacial score (nSPS) is 23.7. The molecule has 2 unspecified atom stereocenters. The van der Waals surface area contributed by atoms with E-state index in [4.69, 9.17) is 9.79 Å². The Hall–Kier alpha value is 0.0400. The van der Waals surface area contributed by atoms with Crippen LogP contribution in [-0.2, 0) is 9.13 Å². The van der Waals surface area contributed by atoms with Crippen LogP contribution in [0.2, 0.25) is 0 Å². The first-order chi connectivity index (χ1) is 6.97. The topological polar surface area (TPSA) is 98.1 Å². The van der Waals surface area contributed by atoms with E-state index < -0.39 is 21.1 Å². The maximum absolute atomic E-state index is 10.8. The molecule has 8 heteroatoms. The molecule has 1 fully saturated rings. The quantitative estimate of drug-likeness (QED) is 0.622. The van der Waals surface area contributed by atoms with E-state index in [1.54, 1.807) is 0 Å². The van der Waals surface area contributed by atoms with Crippen molar-refractivity contribution in [2.45, 2.75) is 24.3 Å². The van der Waals surface area contributed by atoms with Crippen LogP contribution in [0.1, 0.15) is 19.3 Å². The van der Waals surface area contributed by atoms with Crippen LogP contribution in [0.15, 0.2) is 0 Å². The number of likely N-dealkylation sites (tertiary alicyclic amines) is 1. The standard InChI is InChI=1S/C7H13NO5P2/c9-7(14(10)11,15(12)13)3-6-8-4-1-2-5-8/h9H,1-6H2/p+2. The lowest BCUT2D eigenvalue weighted by molar-refractivity contribution is 0.156. The zero-order valence-electron chi connectivity index (χ0n) is 8.24. The van der Waals surface area contributed by atoms with Gasteiger partial charge < -0.3 is 10.0 Å². The van der Waals surface area contributed by atoms with E-state index in [0.717, 1.165) is 25.9 Å². The Kier molecular flexibility index (Phi) is 4.71. The summed E-state index contributed by atoms with van der Waals surface area (Å²) in [6.45, 7) is 2.13. The van der Waals surface area contributed by atoms with Gasteiger partial charge in [0.05, 0.1) is 6.42 Å². The van der Waals surface area contributed by atoms with E-state index >= 15 is 0 Å². The average Bonchev–Trinajstić information content (AvgIpc) is 2.65. The van der Waals surface area contributed by atoms with Crippen LogP contribution in [0.4, 0.5) is 0 Å². The first-order valence-corrected chi connectivity index (χ1v) is 7.16. The average molecular weight is 255 g/mol. The monoisotopic (exact) mass is 255 g/mol. The van der Waals surface area contributed by atoms with Crippen LogP contribution in [0.25, 0.3) is 0 Å². The summed E-state index contributed by atoms with van der Waals surface area (Å²) < 4.78 is 21.6. The number of nitrogens with zero attached hydrogens (tertiary/aromatic N) is 1. The molecule has 0 aromatic heterocycles. The maximum atomic E-state index is 10.8. The predicted molar refractivity (Wildman–Crippen MR) is 54.9 cm³/mol. The molecule has 0 saturated carbocycles.